The molecule has 0 saturated carbocycles. The Balaban J connectivity index is 1.49. The van der Waals surface area contributed by atoms with Crippen LogP contribution in [0.1, 0.15) is 35.3 Å². The van der Waals surface area contributed by atoms with E-state index in [4.69, 9.17) is 4.52 Å². The lowest BCUT2D eigenvalue weighted by molar-refractivity contribution is 0.169. The van der Waals surface area contributed by atoms with Crippen LogP contribution >= 0.6 is 0 Å². The predicted octanol–water partition coefficient (Wildman–Crippen LogP) is 2.06. The second kappa shape index (κ2) is 8.98. The number of aliphatic hydroxyl groups excluding tert-OH is 1. The van der Waals surface area contributed by atoms with Crippen LogP contribution in [-0.2, 0) is 32.0 Å². The molecule has 1 N–H and O–H groups in total. The van der Waals surface area contributed by atoms with Crippen LogP contribution in [0.5, 0.6) is 0 Å². The van der Waals surface area contributed by atoms with Crippen LogP contribution in [0, 0.1) is 6.92 Å². The number of aryl methyl sites for hydroxylation is 1. The second-order valence-electron chi connectivity index (χ2n) is 8.37. The molecule has 2 aromatic carbocycles. The Morgan fingerprint density at radius 2 is 1.67 bits per heavy atom. The van der Waals surface area contributed by atoms with Crippen molar-refractivity contribution in [3.05, 3.63) is 71.4 Å². The molecule has 2 atom stereocenters. The second-order valence-corrected chi connectivity index (χ2v) is 12.4. The van der Waals surface area contributed by atoms with Gasteiger partial charge in [-0.25, -0.2) is 16.8 Å². The van der Waals surface area contributed by atoms with Gasteiger partial charge in [-0.05, 0) is 43.2 Å². The fourth-order valence-corrected chi connectivity index (χ4v) is 5.65. The number of hydrogen-bond donors (Lipinski definition) is 1. The van der Waals surface area contributed by atoms with Crippen molar-refractivity contribution in [1.82, 2.24) is 15.0 Å². The number of sulfone groups is 2. The minimum atomic E-state index is -3.63. The Kier molecular flexibility index (Phi) is 6.41. The largest absolute Gasteiger partial charge is 0.392 e. The third kappa shape index (κ3) is 5.49. The Labute approximate surface area is 192 Å². The molecule has 1 fully saturated rings. The fraction of sp³-hybridized carbons (Fsp3) is 0.364. The number of aromatic nitrogens is 2. The van der Waals surface area contributed by atoms with E-state index in [0.717, 1.165) is 17.4 Å². The predicted molar refractivity (Wildman–Crippen MR) is 120 cm³/mol. The summed E-state index contributed by atoms with van der Waals surface area (Å²) in [5, 5.41) is 14.1. The van der Waals surface area contributed by atoms with E-state index in [1.54, 1.807) is 48.5 Å². The Morgan fingerprint density at radius 3 is 2.30 bits per heavy atom. The molecule has 1 aliphatic rings. The molecule has 0 bridgehead atoms. The molecule has 9 nitrogen and oxygen atoms in total. The van der Waals surface area contributed by atoms with Gasteiger partial charge in [-0.1, -0.05) is 35.0 Å². The summed E-state index contributed by atoms with van der Waals surface area (Å²) >= 11 is 0. The molecule has 4 rings (SSSR count). The van der Waals surface area contributed by atoms with E-state index in [2.05, 4.69) is 10.1 Å². The van der Waals surface area contributed by atoms with E-state index < -0.39 is 25.8 Å². The SMILES string of the molecule is Cc1ccc(S(=O)(=O)Cc2noc(C3CC(O)CN3Cc3ccc(S(C)(=O)=O)cc3)n2)cc1. The zero-order valence-corrected chi connectivity index (χ0v) is 19.9. The summed E-state index contributed by atoms with van der Waals surface area (Å²) in [7, 11) is -6.91. The maximum absolute atomic E-state index is 12.7. The average molecular weight is 492 g/mol. The lowest BCUT2D eigenvalue weighted by Crippen LogP contribution is -2.24. The summed E-state index contributed by atoms with van der Waals surface area (Å²) < 4.78 is 54.1. The van der Waals surface area contributed by atoms with Gasteiger partial charge in [0.15, 0.2) is 25.5 Å². The molecule has 3 aromatic rings. The van der Waals surface area contributed by atoms with Crippen LogP contribution in [0.3, 0.4) is 0 Å². The minimum Gasteiger partial charge on any atom is -0.392 e. The van der Waals surface area contributed by atoms with Crippen LogP contribution in [0.25, 0.3) is 0 Å². The highest BCUT2D eigenvalue weighted by molar-refractivity contribution is 7.91. The first-order valence-corrected chi connectivity index (χ1v) is 13.9. The minimum absolute atomic E-state index is 0.0596. The lowest BCUT2D eigenvalue weighted by atomic mass is 10.1. The molecule has 1 saturated heterocycles. The molecular weight excluding hydrogens is 466 g/mol. The normalized spacial score (nSPS) is 19.7. The molecule has 0 aliphatic carbocycles. The summed E-state index contributed by atoms with van der Waals surface area (Å²) in [4.78, 5) is 6.68. The van der Waals surface area contributed by atoms with Crippen LogP contribution in [0.15, 0.2) is 62.8 Å². The summed E-state index contributed by atoms with van der Waals surface area (Å²) in [5.74, 6) is -0.0836. The van der Waals surface area contributed by atoms with Crippen molar-refractivity contribution >= 4 is 19.7 Å². The lowest BCUT2D eigenvalue weighted by Gasteiger charge is -2.21. The zero-order chi connectivity index (χ0) is 23.8. The number of hydrogen-bond acceptors (Lipinski definition) is 9. The molecule has 2 heterocycles. The van der Waals surface area contributed by atoms with Gasteiger partial charge in [-0.2, -0.15) is 4.98 Å². The van der Waals surface area contributed by atoms with Crippen molar-refractivity contribution < 1.29 is 26.5 Å². The highest BCUT2D eigenvalue weighted by Crippen LogP contribution is 2.33. The Bertz CT molecular complexity index is 1330. The third-order valence-corrected chi connectivity index (χ3v) is 8.34. The number of rotatable bonds is 7. The van der Waals surface area contributed by atoms with Crippen molar-refractivity contribution in [2.75, 3.05) is 12.8 Å². The van der Waals surface area contributed by atoms with E-state index in [9.17, 15) is 21.9 Å². The van der Waals surface area contributed by atoms with E-state index in [1.807, 2.05) is 11.8 Å². The Hall–Kier alpha value is -2.60. The van der Waals surface area contributed by atoms with Gasteiger partial charge in [0, 0.05) is 19.3 Å². The molecule has 176 valence electrons. The van der Waals surface area contributed by atoms with Crippen molar-refractivity contribution in [1.29, 1.82) is 0 Å². The maximum atomic E-state index is 12.7. The first kappa shape index (κ1) is 23.6. The zero-order valence-electron chi connectivity index (χ0n) is 18.2. The van der Waals surface area contributed by atoms with Gasteiger partial charge in [0.2, 0.25) is 5.89 Å². The summed E-state index contributed by atoms with van der Waals surface area (Å²) in [5.41, 5.74) is 1.82. The first-order valence-electron chi connectivity index (χ1n) is 10.3. The van der Waals surface area contributed by atoms with Gasteiger partial charge < -0.3 is 9.63 Å². The fourth-order valence-electron chi connectivity index (χ4n) is 3.85. The molecule has 33 heavy (non-hydrogen) atoms. The quantitative estimate of drug-likeness (QED) is 0.527. The first-order chi connectivity index (χ1) is 15.5. The highest BCUT2D eigenvalue weighted by Gasteiger charge is 2.36. The van der Waals surface area contributed by atoms with E-state index in [-0.39, 0.29) is 33.3 Å². The number of β-amino-alcohol motifs (C(OH)–C–C–N with tert-alkyl or cyclic N) is 1. The van der Waals surface area contributed by atoms with Gasteiger partial charge in [0.1, 0.15) is 5.75 Å². The molecular formula is C22H25N3O6S2. The topological polar surface area (TPSA) is 131 Å². The van der Waals surface area contributed by atoms with E-state index in [1.165, 1.54) is 0 Å². The molecule has 0 spiro atoms. The molecule has 0 amide bonds. The Morgan fingerprint density at radius 1 is 1.03 bits per heavy atom. The van der Waals surface area contributed by atoms with Gasteiger partial charge >= 0.3 is 0 Å². The summed E-state index contributed by atoms with van der Waals surface area (Å²) in [6.07, 6.45) is 0.923. The molecule has 0 radical (unpaired) electrons. The van der Waals surface area contributed by atoms with Crippen LogP contribution in [0.4, 0.5) is 0 Å². The van der Waals surface area contributed by atoms with Crippen molar-refractivity contribution in [3.63, 3.8) is 0 Å². The molecule has 2 unspecified atom stereocenters. The van der Waals surface area contributed by atoms with Crippen LogP contribution in [-0.4, -0.2) is 55.9 Å². The van der Waals surface area contributed by atoms with Gasteiger partial charge in [0.25, 0.3) is 0 Å². The standard InChI is InChI=1S/C22H25N3O6S2/c1-15-3-7-19(8-4-15)33(29,30)14-21-23-22(31-24-21)20-11-17(26)13-25(20)12-16-5-9-18(10-6-16)32(2,27)28/h3-10,17,20,26H,11-14H2,1-2H3. The number of aliphatic hydroxyl groups is 1. The van der Waals surface area contributed by atoms with Gasteiger partial charge in [0.05, 0.1) is 21.9 Å². The number of nitrogens with zero attached hydrogens (tertiary/aromatic N) is 3. The smallest absolute Gasteiger partial charge is 0.244 e. The number of likely N-dealkylation sites (tertiary alicyclic amines) is 1. The molecule has 11 heteroatoms. The van der Waals surface area contributed by atoms with Crippen LogP contribution in [0.2, 0.25) is 0 Å². The molecule has 1 aromatic heterocycles. The van der Waals surface area contributed by atoms with E-state index in [0.29, 0.717) is 19.5 Å². The van der Waals surface area contributed by atoms with Crippen molar-refractivity contribution in [3.8, 4) is 0 Å². The highest BCUT2D eigenvalue weighted by atomic mass is 32.2. The third-order valence-electron chi connectivity index (χ3n) is 5.59. The van der Waals surface area contributed by atoms with E-state index >= 15 is 0 Å². The van der Waals surface area contributed by atoms with Crippen LogP contribution < -0.4 is 0 Å². The maximum Gasteiger partial charge on any atom is 0.244 e. The van der Waals surface area contributed by atoms with Gasteiger partial charge in [-0.15, -0.1) is 0 Å². The van der Waals surface area contributed by atoms with Gasteiger partial charge in [-0.3, -0.25) is 4.90 Å². The summed E-state index contributed by atoms with van der Waals surface area (Å²) in [6, 6.07) is 12.7. The van der Waals surface area contributed by atoms with Crippen molar-refractivity contribution in [2.45, 2.75) is 47.6 Å². The number of benzene rings is 2. The summed E-state index contributed by atoms with van der Waals surface area (Å²) in [6.45, 7) is 2.69. The molecule has 1 aliphatic heterocycles. The van der Waals surface area contributed by atoms with Crippen molar-refractivity contribution in [2.24, 2.45) is 0 Å². The average Bonchev–Trinajstić information content (AvgIpc) is 3.33. The monoisotopic (exact) mass is 491 g/mol.